The fourth-order valence-corrected chi connectivity index (χ4v) is 2.76. The molecule has 0 fully saturated rings. The van der Waals surface area contributed by atoms with Crippen molar-refractivity contribution >= 4 is 18.1 Å². The highest BCUT2D eigenvalue weighted by molar-refractivity contribution is 7.70. The van der Waals surface area contributed by atoms with E-state index in [0.29, 0.717) is 0 Å². The average molecular weight is 304 g/mol. The van der Waals surface area contributed by atoms with Crippen molar-refractivity contribution in [1.82, 2.24) is 4.98 Å². The summed E-state index contributed by atoms with van der Waals surface area (Å²) in [5.74, 6) is 0.866. The molecule has 0 saturated carbocycles. The van der Waals surface area contributed by atoms with Gasteiger partial charge in [-0.05, 0) is 43.5 Å². The zero-order chi connectivity index (χ0) is 15.3. The van der Waals surface area contributed by atoms with Crippen molar-refractivity contribution in [2.24, 2.45) is 0 Å². The number of hydrogen-bond donors (Lipinski definition) is 1. The molecule has 0 bridgehead atoms. The Bertz CT molecular complexity index is 635. The summed E-state index contributed by atoms with van der Waals surface area (Å²) in [7, 11) is -0.597. The van der Waals surface area contributed by atoms with Crippen molar-refractivity contribution in [3.63, 3.8) is 0 Å². The first kappa shape index (κ1) is 15.6. The summed E-state index contributed by atoms with van der Waals surface area (Å²) in [6, 6.07) is 9.95. The van der Waals surface area contributed by atoms with Crippen molar-refractivity contribution in [2.45, 2.75) is 6.42 Å². The fourth-order valence-electron chi connectivity index (χ4n) is 1.96. The number of benzene rings is 1. The minimum atomic E-state index is -2.26. The summed E-state index contributed by atoms with van der Waals surface area (Å²) in [6.45, 7) is 4.31. The maximum atomic E-state index is 12.0. The van der Waals surface area contributed by atoms with Crippen LogP contribution in [0.2, 0.25) is 0 Å². The van der Waals surface area contributed by atoms with Crippen LogP contribution in [0.1, 0.15) is 5.56 Å². The molecule has 5 heteroatoms. The first-order chi connectivity index (χ1) is 9.99. The molecule has 0 amide bonds. The zero-order valence-corrected chi connectivity index (χ0v) is 13.6. The maximum absolute atomic E-state index is 12.0. The van der Waals surface area contributed by atoms with Crippen LogP contribution >= 0.6 is 7.14 Å². The van der Waals surface area contributed by atoms with Crippen LogP contribution in [0.5, 0.6) is 5.75 Å². The van der Waals surface area contributed by atoms with Crippen LogP contribution in [0.4, 0.5) is 5.69 Å². The largest absolute Gasteiger partial charge is 0.497 e. The normalized spacial score (nSPS) is 11.2. The Morgan fingerprint density at radius 2 is 1.90 bits per heavy atom. The Labute approximate surface area is 125 Å². The third kappa shape index (κ3) is 4.61. The summed E-state index contributed by atoms with van der Waals surface area (Å²) in [5, 5.41) is 4.12. The van der Waals surface area contributed by atoms with Gasteiger partial charge in [0, 0.05) is 24.2 Å². The second kappa shape index (κ2) is 6.77. The molecule has 0 aliphatic carbocycles. The van der Waals surface area contributed by atoms with E-state index in [1.807, 2.05) is 18.2 Å². The fraction of sp³-hybridized carbons (Fsp3) is 0.312. The topological polar surface area (TPSA) is 51.2 Å². The van der Waals surface area contributed by atoms with Crippen LogP contribution in [-0.4, -0.2) is 32.0 Å². The van der Waals surface area contributed by atoms with Gasteiger partial charge >= 0.3 is 0 Å². The van der Waals surface area contributed by atoms with Gasteiger partial charge < -0.3 is 14.6 Å². The maximum Gasteiger partial charge on any atom is 0.118 e. The van der Waals surface area contributed by atoms with Crippen LogP contribution in [0.25, 0.3) is 0 Å². The molecule has 112 valence electrons. The average Bonchev–Trinajstić information content (AvgIpc) is 2.47. The minimum Gasteiger partial charge on any atom is -0.497 e. The lowest BCUT2D eigenvalue weighted by molar-refractivity contribution is 0.414. The van der Waals surface area contributed by atoms with Gasteiger partial charge in [0.15, 0.2) is 0 Å². The SMILES string of the molecule is COc1ccc(CCNc2cncc(P(C)(C)=O)c2)cc1. The highest BCUT2D eigenvalue weighted by atomic mass is 31.2. The number of rotatable bonds is 6. The molecule has 0 aliphatic rings. The number of pyridine rings is 1. The molecule has 0 spiro atoms. The van der Waals surface area contributed by atoms with Gasteiger partial charge in [-0.25, -0.2) is 0 Å². The van der Waals surface area contributed by atoms with Gasteiger partial charge in [0.25, 0.3) is 0 Å². The monoisotopic (exact) mass is 304 g/mol. The summed E-state index contributed by atoms with van der Waals surface area (Å²) in [4.78, 5) is 4.15. The van der Waals surface area contributed by atoms with E-state index < -0.39 is 7.14 Å². The van der Waals surface area contributed by atoms with Crippen molar-refractivity contribution in [3.8, 4) is 5.75 Å². The predicted molar refractivity (Wildman–Crippen MR) is 88.5 cm³/mol. The molecule has 2 rings (SSSR count). The van der Waals surface area contributed by atoms with Crippen LogP contribution < -0.4 is 15.4 Å². The van der Waals surface area contributed by atoms with E-state index in [-0.39, 0.29) is 0 Å². The Hall–Kier alpha value is -1.80. The van der Waals surface area contributed by atoms with Crippen LogP contribution in [0.15, 0.2) is 42.7 Å². The number of hydrogen-bond acceptors (Lipinski definition) is 4. The molecule has 1 heterocycles. The van der Waals surface area contributed by atoms with E-state index >= 15 is 0 Å². The second-order valence-corrected chi connectivity index (χ2v) is 8.53. The first-order valence-corrected chi connectivity index (χ1v) is 9.46. The van der Waals surface area contributed by atoms with E-state index in [1.165, 1.54) is 5.56 Å². The zero-order valence-electron chi connectivity index (χ0n) is 12.7. The van der Waals surface area contributed by atoms with Gasteiger partial charge in [0.2, 0.25) is 0 Å². The van der Waals surface area contributed by atoms with Gasteiger partial charge in [0.05, 0.1) is 12.8 Å². The number of aromatic nitrogens is 1. The van der Waals surface area contributed by atoms with Gasteiger partial charge in [-0.3, -0.25) is 4.98 Å². The molecule has 0 radical (unpaired) electrons. The molecular weight excluding hydrogens is 283 g/mol. The Morgan fingerprint density at radius 3 is 2.52 bits per heavy atom. The molecule has 0 aliphatic heterocycles. The third-order valence-corrected chi connectivity index (χ3v) is 4.74. The molecule has 4 nitrogen and oxygen atoms in total. The van der Waals surface area contributed by atoms with Crippen LogP contribution in [-0.2, 0) is 11.0 Å². The summed E-state index contributed by atoms with van der Waals surface area (Å²) in [5.41, 5.74) is 2.15. The lowest BCUT2D eigenvalue weighted by Crippen LogP contribution is -2.09. The minimum absolute atomic E-state index is 0.801. The van der Waals surface area contributed by atoms with Crippen molar-refractivity contribution in [3.05, 3.63) is 48.3 Å². The van der Waals surface area contributed by atoms with Crippen molar-refractivity contribution in [2.75, 3.05) is 32.3 Å². The van der Waals surface area contributed by atoms with Gasteiger partial charge in [-0.15, -0.1) is 0 Å². The van der Waals surface area contributed by atoms with E-state index in [0.717, 1.165) is 29.7 Å². The van der Waals surface area contributed by atoms with E-state index in [2.05, 4.69) is 22.4 Å². The molecule has 1 aromatic carbocycles. The van der Waals surface area contributed by atoms with Gasteiger partial charge in [-0.2, -0.15) is 0 Å². The Morgan fingerprint density at radius 1 is 1.19 bits per heavy atom. The lowest BCUT2D eigenvalue weighted by Gasteiger charge is -2.10. The number of methoxy groups -OCH3 is 1. The van der Waals surface area contributed by atoms with Crippen molar-refractivity contribution in [1.29, 1.82) is 0 Å². The lowest BCUT2D eigenvalue weighted by atomic mass is 10.1. The van der Waals surface area contributed by atoms with Crippen LogP contribution in [0, 0.1) is 0 Å². The molecule has 0 saturated heterocycles. The first-order valence-electron chi connectivity index (χ1n) is 6.86. The number of nitrogens with zero attached hydrogens (tertiary/aromatic N) is 1. The molecule has 1 aromatic heterocycles. The summed E-state index contributed by atoms with van der Waals surface area (Å²) < 4.78 is 17.2. The van der Waals surface area contributed by atoms with E-state index in [9.17, 15) is 4.57 Å². The third-order valence-electron chi connectivity index (χ3n) is 3.25. The van der Waals surface area contributed by atoms with Gasteiger partial charge in [0.1, 0.15) is 12.9 Å². The Kier molecular flexibility index (Phi) is 5.03. The van der Waals surface area contributed by atoms with E-state index in [1.54, 1.807) is 32.8 Å². The number of ether oxygens (including phenoxy) is 1. The van der Waals surface area contributed by atoms with E-state index in [4.69, 9.17) is 4.74 Å². The quantitative estimate of drug-likeness (QED) is 0.834. The Balaban J connectivity index is 1.92. The number of nitrogens with one attached hydrogen (secondary N) is 1. The summed E-state index contributed by atoms with van der Waals surface area (Å²) in [6.07, 6.45) is 4.34. The standard InChI is InChI=1S/C16H21N2O2P/c1-20-15-6-4-13(5-7-15)8-9-18-14-10-16(12-17-11-14)21(2,3)19/h4-7,10-12,18H,8-9H2,1-3H3. The van der Waals surface area contributed by atoms with Crippen LogP contribution in [0.3, 0.4) is 0 Å². The molecular formula is C16H21N2O2P. The molecule has 0 atom stereocenters. The predicted octanol–water partition coefficient (Wildman–Crippen LogP) is 2.99. The smallest absolute Gasteiger partial charge is 0.118 e. The van der Waals surface area contributed by atoms with Crippen molar-refractivity contribution < 1.29 is 9.30 Å². The molecule has 1 N–H and O–H groups in total. The van der Waals surface area contributed by atoms with Gasteiger partial charge in [-0.1, -0.05) is 12.1 Å². The molecule has 0 unspecified atom stereocenters. The molecule has 2 aromatic rings. The summed E-state index contributed by atoms with van der Waals surface area (Å²) >= 11 is 0. The second-order valence-electron chi connectivity index (χ2n) is 5.31. The number of anilines is 1. The molecule has 21 heavy (non-hydrogen) atoms. The highest BCUT2D eigenvalue weighted by Crippen LogP contribution is 2.34. The highest BCUT2D eigenvalue weighted by Gasteiger charge is 2.11.